The van der Waals surface area contributed by atoms with Crippen molar-refractivity contribution in [3.63, 3.8) is 0 Å². The van der Waals surface area contributed by atoms with E-state index in [-0.39, 0.29) is 218 Å². The zero-order chi connectivity index (χ0) is 39.4. The van der Waals surface area contributed by atoms with Gasteiger partial charge in [0.25, 0.3) is 0 Å². The van der Waals surface area contributed by atoms with E-state index in [1.54, 1.807) is 0 Å². The number of carboxylic acid groups (broad SMARTS) is 11. The van der Waals surface area contributed by atoms with E-state index in [9.17, 15) is 0 Å². The van der Waals surface area contributed by atoms with E-state index >= 15 is 0 Å². The first kappa shape index (κ1) is 110. The minimum absolute atomic E-state index is 0. The smallest absolute Gasteiger partial charge is 0.550 e. The molecule has 28 heteroatoms. The third-order valence-corrected chi connectivity index (χ3v) is 0. The summed E-state index contributed by atoms with van der Waals surface area (Å²) in [6.45, 7) is 10.7. The van der Waals surface area contributed by atoms with Crippen LogP contribution in [-0.4, -0.2) is 254 Å². The van der Waals surface area contributed by atoms with Gasteiger partial charge in [-0.25, -0.2) is 0 Å². The van der Waals surface area contributed by atoms with Gasteiger partial charge in [-0.3, -0.25) is 0 Å². The van der Waals surface area contributed by atoms with Crippen molar-refractivity contribution in [2.45, 2.75) is 76.2 Å². The number of carbonyl (C=O) groups is 11. The van der Waals surface area contributed by atoms with Gasteiger partial charge in [0, 0.05) is 65.7 Å². The molecule has 0 bridgehead atoms. The molecule has 0 aromatic carbocycles. The maximum atomic E-state index is 8.89. The van der Waals surface area contributed by atoms with Crippen LogP contribution >= 0.6 is 0 Å². The van der Waals surface area contributed by atoms with Gasteiger partial charge in [0.2, 0.25) is 0 Å². The van der Waals surface area contributed by atoms with E-state index in [1.165, 1.54) is 0 Å². The Balaban J connectivity index is -0.0000000158. The van der Waals surface area contributed by atoms with Gasteiger partial charge in [-0.1, -0.05) is 0 Å². The predicted molar refractivity (Wildman–Crippen MR) is 146 cm³/mol. The van der Waals surface area contributed by atoms with E-state index in [2.05, 4.69) is 0 Å². The molecule has 0 saturated heterocycles. The van der Waals surface area contributed by atoms with Gasteiger partial charge >= 0.3 is 218 Å². The normalized spacial score (nSPS) is 5.50. The van der Waals surface area contributed by atoms with E-state index in [1.807, 2.05) is 0 Å². The second-order valence-corrected chi connectivity index (χ2v) is 5.41. The molecular formula is C22H33Ca5NaO22. The summed E-state index contributed by atoms with van der Waals surface area (Å²) in [5, 5.41) is 97.8. The SMILES string of the molecule is CC(=O)[O-].CC(=O)[O-].CC(=O)[O-].CC(=O)[O-].CC(=O)[O-].CC(=O)[O-].CC(=O)[O-].CC(=O)[O-].CC(=O)[O-].CC(=O)[O-].CC(=O)[O-].[Ca+2].[Ca+2].[Ca+2].[Ca+2].[Ca+2].[Na+]. The van der Waals surface area contributed by atoms with Crippen molar-refractivity contribution in [2.24, 2.45) is 0 Å². The number of hydrogen-bond acceptors (Lipinski definition) is 22. The van der Waals surface area contributed by atoms with Crippen LogP contribution in [0, 0.1) is 0 Å². The Morgan fingerprint density at radius 3 is 0.200 bits per heavy atom. The molecule has 0 N–H and O–H groups in total. The molecule has 0 aromatic rings. The molecule has 264 valence electrons. The van der Waals surface area contributed by atoms with Crippen LogP contribution in [0.5, 0.6) is 0 Å². The molecule has 0 radical (unpaired) electrons. The maximum absolute atomic E-state index is 8.89. The van der Waals surface area contributed by atoms with Gasteiger partial charge in [0.15, 0.2) is 0 Å². The third-order valence-electron chi connectivity index (χ3n) is 0. The zero-order valence-electron chi connectivity index (χ0n) is 30.0. The molecule has 0 aliphatic rings. The van der Waals surface area contributed by atoms with Crippen molar-refractivity contribution in [3.8, 4) is 0 Å². The molecule has 0 rings (SSSR count). The first-order chi connectivity index (χ1) is 19.1. The van der Waals surface area contributed by atoms with Crippen molar-refractivity contribution in [1.29, 1.82) is 0 Å². The van der Waals surface area contributed by atoms with Gasteiger partial charge in [-0.05, 0) is 76.2 Å². The molecule has 0 spiro atoms. The van der Waals surface area contributed by atoms with Crippen LogP contribution in [-0.2, 0) is 52.7 Å². The van der Waals surface area contributed by atoms with Crippen molar-refractivity contribution >= 4 is 254 Å². The van der Waals surface area contributed by atoms with Crippen molar-refractivity contribution < 1.29 is 138 Å². The molecule has 0 aliphatic heterocycles. The Bertz CT molecular complexity index is 556. The largest absolute Gasteiger partial charge is 2.00 e. The average molecular weight is 873 g/mol. The number of rotatable bonds is 0. The third kappa shape index (κ3) is 53900. The minimum Gasteiger partial charge on any atom is -0.550 e. The molecule has 0 atom stereocenters. The second kappa shape index (κ2) is 104. The first-order valence-corrected chi connectivity index (χ1v) is 9.99. The molecule has 50 heavy (non-hydrogen) atoms. The summed E-state index contributed by atoms with van der Waals surface area (Å²) < 4.78 is 0. The molecule has 0 heterocycles. The van der Waals surface area contributed by atoms with Crippen LogP contribution < -0.4 is 85.7 Å². The van der Waals surface area contributed by atoms with Crippen molar-refractivity contribution in [3.05, 3.63) is 0 Å². The van der Waals surface area contributed by atoms with Gasteiger partial charge in [0.05, 0.1) is 0 Å². The van der Waals surface area contributed by atoms with Crippen LogP contribution in [0.15, 0.2) is 0 Å². The fourth-order valence-electron chi connectivity index (χ4n) is 0. The number of aliphatic carboxylic acids is 11. The second-order valence-electron chi connectivity index (χ2n) is 5.41. The Labute approximate surface area is 460 Å². The zero-order valence-corrected chi connectivity index (χ0v) is 43.1. The summed E-state index contributed by atoms with van der Waals surface area (Å²) in [6, 6.07) is 0. The number of hydrogen-bond donors (Lipinski definition) is 0. The summed E-state index contributed by atoms with van der Waals surface area (Å²) >= 11 is 0. The van der Waals surface area contributed by atoms with Crippen molar-refractivity contribution in [2.75, 3.05) is 0 Å². The van der Waals surface area contributed by atoms with E-state index in [0.717, 1.165) is 76.2 Å². The molecule has 0 unspecified atom stereocenters. The Morgan fingerprint density at radius 2 is 0.200 bits per heavy atom. The van der Waals surface area contributed by atoms with Crippen LogP contribution in [0.3, 0.4) is 0 Å². The van der Waals surface area contributed by atoms with E-state index < -0.39 is 65.7 Å². The predicted octanol–water partition coefficient (Wildman–Crippen LogP) is -18.6. The van der Waals surface area contributed by atoms with Gasteiger partial charge in [-0.15, -0.1) is 0 Å². The van der Waals surface area contributed by atoms with Gasteiger partial charge < -0.3 is 109 Å². The number of carbonyl (C=O) groups excluding carboxylic acids is 11. The Hall–Kier alpha value is 1.47. The fourth-order valence-corrected chi connectivity index (χ4v) is 0. The Kier molecular flexibility index (Phi) is 229. The summed E-state index contributed by atoms with van der Waals surface area (Å²) in [5.74, 6) is -11.9. The van der Waals surface area contributed by atoms with Gasteiger partial charge in [0.1, 0.15) is 0 Å². The molecule has 0 amide bonds. The quantitative estimate of drug-likeness (QED) is 0.204. The minimum atomic E-state index is -1.08. The summed E-state index contributed by atoms with van der Waals surface area (Å²) in [5.41, 5.74) is 0. The maximum Gasteiger partial charge on any atom is 2.00 e. The summed E-state index contributed by atoms with van der Waals surface area (Å²) in [6.07, 6.45) is 0. The molecule has 22 nitrogen and oxygen atoms in total. The topological polar surface area (TPSA) is 441 Å². The van der Waals surface area contributed by atoms with Crippen LogP contribution in [0.25, 0.3) is 0 Å². The molecule has 0 saturated carbocycles. The standard InChI is InChI=1S/11C2H4O2.5Ca.Na/c11*1-2(3)4;;;;;;/h11*1H3,(H,3,4);;;;;;/q;;;;;;;;;;;5*+2;+1/p-11. The van der Waals surface area contributed by atoms with E-state index in [0.29, 0.717) is 0 Å². The Morgan fingerprint density at radius 1 is 0.200 bits per heavy atom. The van der Waals surface area contributed by atoms with Gasteiger partial charge in [-0.2, -0.15) is 0 Å². The van der Waals surface area contributed by atoms with Crippen LogP contribution in [0.1, 0.15) is 76.2 Å². The fraction of sp³-hybridized carbons (Fsp3) is 0.500. The van der Waals surface area contributed by atoms with Crippen LogP contribution in [0.4, 0.5) is 0 Å². The van der Waals surface area contributed by atoms with E-state index in [4.69, 9.17) is 109 Å². The first-order valence-electron chi connectivity index (χ1n) is 9.99. The molecule has 0 aliphatic carbocycles. The summed E-state index contributed by atoms with van der Waals surface area (Å²) in [4.78, 5) is 97.8. The molecule has 0 aromatic heterocycles. The van der Waals surface area contributed by atoms with Crippen LogP contribution in [0.2, 0.25) is 0 Å². The van der Waals surface area contributed by atoms with Crippen molar-refractivity contribution in [1.82, 2.24) is 0 Å². The molecular weight excluding hydrogens is 840 g/mol. The monoisotopic (exact) mass is 872 g/mol. The average Bonchev–Trinajstić information content (AvgIpc) is 2.55. The summed E-state index contributed by atoms with van der Waals surface area (Å²) in [7, 11) is 0. The number of carboxylic acids is 11. The molecule has 0 fully saturated rings.